The fraction of sp³-hybridized carbons (Fsp3) is 0. The lowest BCUT2D eigenvalue weighted by molar-refractivity contribution is -0.512. The van der Waals surface area contributed by atoms with Gasteiger partial charge in [-0.3, -0.25) is 0 Å². The Kier molecular flexibility index (Phi) is 1.75. The summed E-state index contributed by atoms with van der Waals surface area (Å²) in [5.74, 6) is 0. The Balaban J connectivity index is 2.21. The third-order valence-corrected chi connectivity index (χ3v) is 2.33. The van der Waals surface area contributed by atoms with E-state index in [0.29, 0.717) is 0 Å². The molecule has 0 aliphatic carbocycles. The van der Waals surface area contributed by atoms with Crippen LogP contribution >= 0.6 is 0 Å². The van der Waals surface area contributed by atoms with Gasteiger partial charge >= 0.3 is 5.65 Å². The van der Waals surface area contributed by atoms with E-state index in [1.165, 1.54) is 0 Å². The van der Waals surface area contributed by atoms with Crippen LogP contribution in [0.4, 0.5) is 0 Å². The number of fused-ring (bicyclic) bond motifs is 1. The van der Waals surface area contributed by atoms with Gasteiger partial charge in [0.1, 0.15) is 5.69 Å². The number of para-hydroxylation sites is 1. The van der Waals surface area contributed by atoms with E-state index in [2.05, 4.69) is 5.10 Å². The lowest BCUT2D eigenvalue weighted by atomic mass is 10.3. The van der Waals surface area contributed by atoms with Gasteiger partial charge < -0.3 is 0 Å². The Morgan fingerprint density at radius 3 is 2.53 bits per heavy atom. The average Bonchev–Trinajstić information content (AvgIpc) is 2.74. The molecule has 0 unspecified atom stereocenters. The highest BCUT2D eigenvalue weighted by molar-refractivity contribution is 5.32. The van der Waals surface area contributed by atoms with Gasteiger partial charge in [0.05, 0.1) is 11.3 Å². The topological polar surface area (TPSA) is 21.9 Å². The van der Waals surface area contributed by atoms with Crippen LogP contribution in [0.5, 0.6) is 0 Å². The molecule has 0 saturated carbocycles. The normalized spacial score (nSPS) is 10.7. The van der Waals surface area contributed by atoms with Crippen LogP contribution in [-0.4, -0.2) is 9.78 Å². The molecule has 72 valence electrons. The van der Waals surface area contributed by atoms with E-state index in [4.69, 9.17) is 0 Å². The predicted molar refractivity (Wildman–Crippen MR) is 56.7 cm³/mol. The first-order chi connectivity index (χ1) is 7.43. The van der Waals surface area contributed by atoms with Crippen molar-refractivity contribution in [3.63, 3.8) is 0 Å². The number of nitrogens with zero attached hydrogens (tertiary/aromatic N) is 3. The second kappa shape index (κ2) is 3.20. The third kappa shape index (κ3) is 1.38. The summed E-state index contributed by atoms with van der Waals surface area (Å²) in [6, 6.07) is 16.0. The monoisotopic (exact) mass is 196 g/mol. The van der Waals surface area contributed by atoms with E-state index in [9.17, 15) is 0 Å². The van der Waals surface area contributed by atoms with Gasteiger partial charge in [-0.25, -0.2) is 4.40 Å². The molecule has 0 aliphatic heterocycles. The predicted octanol–water partition coefficient (Wildman–Crippen LogP) is 1.61. The SMILES string of the molecule is c1ccc(-n2c[n+]3ccccc3n2)cc1. The number of pyridine rings is 1. The second-order valence-electron chi connectivity index (χ2n) is 3.36. The summed E-state index contributed by atoms with van der Waals surface area (Å²) in [5.41, 5.74) is 2.02. The molecule has 0 N–H and O–H groups in total. The zero-order valence-corrected chi connectivity index (χ0v) is 8.12. The van der Waals surface area contributed by atoms with Crippen LogP contribution in [0.25, 0.3) is 11.3 Å². The summed E-state index contributed by atoms with van der Waals surface area (Å²) >= 11 is 0. The number of aromatic nitrogens is 3. The second-order valence-corrected chi connectivity index (χ2v) is 3.36. The molecule has 0 saturated heterocycles. The molecule has 0 atom stereocenters. The summed E-state index contributed by atoms with van der Waals surface area (Å²) in [5, 5.41) is 4.46. The molecule has 15 heavy (non-hydrogen) atoms. The van der Waals surface area contributed by atoms with E-state index in [0.717, 1.165) is 11.3 Å². The van der Waals surface area contributed by atoms with Crippen LogP contribution < -0.4 is 4.40 Å². The van der Waals surface area contributed by atoms with Crippen LogP contribution in [0, 0.1) is 0 Å². The van der Waals surface area contributed by atoms with Gasteiger partial charge in [0.25, 0.3) is 0 Å². The lowest BCUT2D eigenvalue weighted by Crippen LogP contribution is -2.16. The highest BCUT2D eigenvalue weighted by Gasteiger charge is 2.09. The average molecular weight is 196 g/mol. The minimum Gasteiger partial charge on any atom is -0.204 e. The molecule has 0 spiro atoms. The van der Waals surface area contributed by atoms with Crippen LogP contribution in [-0.2, 0) is 0 Å². The van der Waals surface area contributed by atoms with Crippen molar-refractivity contribution in [2.75, 3.05) is 0 Å². The standard InChI is InChI=1S/C12H10N3/c1-2-6-11(7-3-1)15-10-14-9-5-4-8-12(14)13-15/h1-10H/q+1. The molecular weight excluding hydrogens is 186 g/mol. The van der Waals surface area contributed by atoms with E-state index >= 15 is 0 Å². The van der Waals surface area contributed by atoms with E-state index in [-0.39, 0.29) is 0 Å². The largest absolute Gasteiger partial charge is 0.306 e. The third-order valence-electron chi connectivity index (χ3n) is 2.33. The fourth-order valence-electron chi connectivity index (χ4n) is 1.59. The van der Waals surface area contributed by atoms with Gasteiger partial charge in [-0.15, -0.1) is 0 Å². The fourth-order valence-corrected chi connectivity index (χ4v) is 1.59. The molecular formula is C12H10N3+. The summed E-state index contributed by atoms with van der Waals surface area (Å²) in [6.07, 6.45) is 3.95. The molecule has 3 aromatic rings. The molecule has 0 radical (unpaired) electrons. The van der Waals surface area contributed by atoms with Crippen molar-refractivity contribution in [3.8, 4) is 5.69 Å². The molecule has 2 heterocycles. The van der Waals surface area contributed by atoms with E-state index in [1.54, 1.807) is 0 Å². The van der Waals surface area contributed by atoms with Gasteiger partial charge in [-0.1, -0.05) is 28.9 Å². The van der Waals surface area contributed by atoms with Crippen molar-refractivity contribution < 1.29 is 4.40 Å². The highest BCUT2D eigenvalue weighted by atomic mass is 15.3. The first-order valence-electron chi connectivity index (χ1n) is 4.84. The van der Waals surface area contributed by atoms with Crippen LogP contribution in [0.2, 0.25) is 0 Å². The molecule has 2 aromatic heterocycles. The van der Waals surface area contributed by atoms with Crippen LogP contribution in [0.15, 0.2) is 61.1 Å². The first kappa shape index (κ1) is 8.17. The Morgan fingerprint density at radius 2 is 1.73 bits per heavy atom. The highest BCUT2D eigenvalue weighted by Crippen LogP contribution is 2.04. The maximum Gasteiger partial charge on any atom is 0.306 e. The molecule has 3 nitrogen and oxygen atoms in total. The Bertz CT molecular complexity index is 551. The van der Waals surface area contributed by atoms with Crippen LogP contribution in [0.3, 0.4) is 0 Å². The van der Waals surface area contributed by atoms with Gasteiger partial charge in [-0.05, 0) is 18.2 Å². The van der Waals surface area contributed by atoms with Gasteiger partial charge in [0.15, 0.2) is 0 Å². The quantitative estimate of drug-likeness (QED) is 0.542. The first-order valence-corrected chi connectivity index (χ1v) is 4.84. The Labute approximate surface area is 87.2 Å². The maximum absolute atomic E-state index is 4.46. The van der Waals surface area contributed by atoms with Crippen molar-refractivity contribution in [1.29, 1.82) is 0 Å². The summed E-state index contributed by atoms with van der Waals surface area (Å²) in [6.45, 7) is 0. The minimum absolute atomic E-state index is 0.946. The summed E-state index contributed by atoms with van der Waals surface area (Å²) in [7, 11) is 0. The van der Waals surface area contributed by atoms with Crippen molar-refractivity contribution >= 4 is 5.65 Å². The number of hydrogen-bond donors (Lipinski definition) is 0. The molecule has 1 aromatic carbocycles. The zero-order chi connectivity index (χ0) is 10.1. The van der Waals surface area contributed by atoms with Gasteiger partial charge in [0.2, 0.25) is 6.33 Å². The number of benzene rings is 1. The molecule has 3 rings (SSSR count). The van der Waals surface area contributed by atoms with E-state index < -0.39 is 0 Å². The van der Waals surface area contributed by atoms with Crippen LogP contribution in [0.1, 0.15) is 0 Å². The molecule has 0 aliphatic rings. The van der Waals surface area contributed by atoms with Crippen molar-refractivity contribution in [1.82, 2.24) is 9.78 Å². The Morgan fingerprint density at radius 1 is 0.933 bits per heavy atom. The van der Waals surface area contributed by atoms with Crippen molar-refractivity contribution in [2.24, 2.45) is 0 Å². The Hall–Kier alpha value is -2.16. The molecule has 0 fully saturated rings. The molecule has 3 heteroatoms. The molecule has 0 bridgehead atoms. The van der Waals surface area contributed by atoms with Crippen molar-refractivity contribution in [3.05, 3.63) is 61.1 Å². The van der Waals surface area contributed by atoms with E-state index in [1.807, 2.05) is 70.1 Å². The zero-order valence-electron chi connectivity index (χ0n) is 8.12. The lowest BCUT2D eigenvalue weighted by Gasteiger charge is -1.88. The minimum atomic E-state index is 0.946. The molecule has 0 amide bonds. The number of rotatable bonds is 1. The number of hydrogen-bond acceptors (Lipinski definition) is 1. The smallest absolute Gasteiger partial charge is 0.204 e. The van der Waals surface area contributed by atoms with Gasteiger partial charge in [0, 0.05) is 6.07 Å². The maximum atomic E-state index is 4.46. The summed E-state index contributed by atoms with van der Waals surface area (Å²) < 4.78 is 3.86. The van der Waals surface area contributed by atoms with Crippen molar-refractivity contribution in [2.45, 2.75) is 0 Å². The van der Waals surface area contributed by atoms with Gasteiger partial charge in [-0.2, -0.15) is 0 Å². The summed E-state index contributed by atoms with van der Waals surface area (Å²) in [4.78, 5) is 0.